The predicted octanol–water partition coefficient (Wildman–Crippen LogP) is 3.26. The SMILES string of the molecule is CNc1nc(Oc2ccc(Br)cc2C)c2[nH]cnc2n1. The van der Waals surface area contributed by atoms with Gasteiger partial charge in [0.25, 0.3) is 5.88 Å². The summed E-state index contributed by atoms with van der Waals surface area (Å²) in [6, 6.07) is 5.80. The van der Waals surface area contributed by atoms with E-state index in [1.165, 1.54) is 0 Å². The van der Waals surface area contributed by atoms with Crippen molar-refractivity contribution in [3.05, 3.63) is 34.6 Å². The normalized spacial score (nSPS) is 10.8. The lowest BCUT2D eigenvalue weighted by Gasteiger charge is -2.09. The minimum atomic E-state index is 0.447. The number of hydrogen-bond donors (Lipinski definition) is 2. The summed E-state index contributed by atoms with van der Waals surface area (Å²) in [5.74, 6) is 1.65. The third kappa shape index (κ3) is 2.32. The summed E-state index contributed by atoms with van der Waals surface area (Å²) in [5.41, 5.74) is 2.25. The second kappa shape index (κ2) is 5.09. The molecule has 0 amide bonds. The van der Waals surface area contributed by atoms with Gasteiger partial charge in [0.05, 0.1) is 6.33 Å². The van der Waals surface area contributed by atoms with E-state index < -0.39 is 0 Å². The van der Waals surface area contributed by atoms with Gasteiger partial charge in [0.2, 0.25) is 5.95 Å². The molecule has 0 saturated carbocycles. The van der Waals surface area contributed by atoms with E-state index in [0.29, 0.717) is 23.0 Å². The van der Waals surface area contributed by atoms with Crippen LogP contribution in [0.25, 0.3) is 11.2 Å². The molecule has 7 heteroatoms. The predicted molar refractivity (Wildman–Crippen MR) is 80.2 cm³/mol. The molecule has 0 atom stereocenters. The number of rotatable bonds is 3. The Balaban J connectivity index is 2.07. The van der Waals surface area contributed by atoms with E-state index in [4.69, 9.17) is 4.74 Å². The van der Waals surface area contributed by atoms with Gasteiger partial charge in [-0.3, -0.25) is 0 Å². The van der Waals surface area contributed by atoms with E-state index in [2.05, 4.69) is 41.2 Å². The summed E-state index contributed by atoms with van der Waals surface area (Å²) in [4.78, 5) is 15.7. The van der Waals surface area contributed by atoms with Crippen LogP contribution in [0.1, 0.15) is 5.56 Å². The highest BCUT2D eigenvalue weighted by molar-refractivity contribution is 9.10. The number of imidazole rings is 1. The Bertz CT molecular complexity index is 771. The first-order chi connectivity index (χ1) is 9.67. The van der Waals surface area contributed by atoms with Gasteiger partial charge in [-0.1, -0.05) is 15.9 Å². The molecule has 0 spiro atoms. The molecular weight excluding hydrogens is 322 g/mol. The molecule has 102 valence electrons. The minimum Gasteiger partial charge on any atom is -0.437 e. The molecule has 2 N–H and O–H groups in total. The van der Waals surface area contributed by atoms with Crippen molar-refractivity contribution in [2.24, 2.45) is 0 Å². The number of aromatic nitrogens is 4. The second-order valence-electron chi connectivity index (χ2n) is 4.22. The van der Waals surface area contributed by atoms with Crippen molar-refractivity contribution in [1.82, 2.24) is 19.9 Å². The van der Waals surface area contributed by atoms with E-state index in [9.17, 15) is 0 Å². The zero-order valence-corrected chi connectivity index (χ0v) is 12.5. The number of nitrogens with one attached hydrogen (secondary N) is 2. The fourth-order valence-electron chi connectivity index (χ4n) is 1.82. The van der Waals surface area contributed by atoms with Gasteiger partial charge in [-0.25, -0.2) is 4.98 Å². The van der Waals surface area contributed by atoms with Crippen LogP contribution in [-0.2, 0) is 0 Å². The maximum Gasteiger partial charge on any atom is 0.250 e. The van der Waals surface area contributed by atoms with Crippen LogP contribution in [0.5, 0.6) is 11.6 Å². The van der Waals surface area contributed by atoms with Crippen LogP contribution >= 0.6 is 15.9 Å². The zero-order valence-electron chi connectivity index (χ0n) is 10.9. The van der Waals surface area contributed by atoms with Gasteiger partial charge in [-0.05, 0) is 30.7 Å². The standard InChI is InChI=1S/C13H12BrN5O/c1-7-5-8(14)3-4-9(7)20-12-10-11(17-6-16-10)18-13(15-2)19-12/h3-6H,1-2H3,(H2,15,16,17,18,19). The number of H-pyrrole nitrogens is 1. The number of halogens is 1. The Morgan fingerprint density at radius 1 is 1.30 bits per heavy atom. The number of fused-ring (bicyclic) bond motifs is 1. The van der Waals surface area contributed by atoms with Gasteiger partial charge in [-0.15, -0.1) is 0 Å². The van der Waals surface area contributed by atoms with Gasteiger partial charge in [0.15, 0.2) is 5.65 Å². The first kappa shape index (κ1) is 12.9. The van der Waals surface area contributed by atoms with Crippen LogP contribution in [0.2, 0.25) is 0 Å². The number of aryl methyl sites for hydroxylation is 1. The van der Waals surface area contributed by atoms with Crippen molar-refractivity contribution in [1.29, 1.82) is 0 Å². The lowest BCUT2D eigenvalue weighted by atomic mass is 10.2. The Kier molecular flexibility index (Phi) is 3.27. The molecule has 0 fully saturated rings. The quantitative estimate of drug-likeness (QED) is 0.769. The van der Waals surface area contributed by atoms with Crippen LogP contribution in [0.15, 0.2) is 29.0 Å². The van der Waals surface area contributed by atoms with Crippen molar-refractivity contribution in [2.75, 3.05) is 12.4 Å². The molecule has 3 aromatic rings. The molecule has 0 aliphatic rings. The minimum absolute atomic E-state index is 0.447. The maximum atomic E-state index is 5.90. The highest BCUT2D eigenvalue weighted by atomic mass is 79.9. The lowest BCUT2D eigenvalue weighted by Crippen LogP contribution is -2.00. The van der Waals surface area contributed by atoms with Gasteiger partial charge >= 0.3 is 0 Å². The Morgan fingerprint density at radius 2 is 2.15 bits per heavy atom. The number of nitrogens with zero attached hydrogens (tertiary/aromatic N) is 3. The number of anilines is 1. The van der Waals surface area contributed by atoms with E-state index in [-0.39, 0.29) is 0 Å². The van der Waals surface area contributed by atoms with Gasteiger partial charge < -0.3 is 15.0 Å². The summed E-state index contributed by atoms with van der Waals surface area (Å²) in [6.07, 6.45) is 1.57. The van der Waals surface area contributed by atoms with Crippen molar-refractivity contribution < 1.29 is 4.74 Å². The molecule has 0 bridgehead atoms. The van der Waals surface area contributed by atoms with Crippen LogP contribution < -0.4 is 10.1 Å². The lowest BCUT2D eigenvalue weighted by molar-refractivity contribution is 0.464. The van der Waals surface area contributed by atoms with Crippen LogP contribution in [0.3, 0.4) is 0 Å². The molecule has 6 nitrogen and oxygen atoms in total. The first-order valence-electron chi connectivity index (χ1n) is 6.00. The van der Waals surface area contributed by atoms with Crippen molar-refractivity contribution >= 4 is 33.0 Å². The van der Waals surface area contributed by atoms with E-state index in [0.717, 1.165) is 15.8 Å². The van der Waals surface area contributed by atoms with Crippen LogP contribution in [-0.4, -0.2) is 27.0 Å². The molecule has 2 heterocycles. The largest absolute Gasteiger partial charge is 0.437 e. The maximum absolute atomic E-state index is 5.90. The van der Waals surface area contributed by atoms with Gasteiger partial charge in [0.1, 0.15) is 11.3 Å². The molecule has 0 aliphatic carbocycles. The van der Waals surface area contributed by atoms with E-state index in [1.807, 2.05) is 25.1 Å². The molecule has 3 rings (SSSR count). The van der Waals surface area contributed by atoms with E-state index in [1.54, 1.807) is 13.4 Å². The Morgan fingerprint density at radius 3 is 2.90 bits per heavy atom. The van der Waals surface area contributed by atoms with Crippen molar-refractivity contribution in [3.8, 4) is 11.6 Å². The third-order valence-corrected chi connectivity index (χ3v) is 3.31. The molecular formula is C13H12BrN5O. The molecule has 20 heavy (non-hydrogen) atoms. The van der Waals surface area contributed by atoms with Gasteiger partial charge in [0, 0.05) is 11.5 Å². The average molecular weight is 334 g/mol. The van der Waals surface area contributed by atoms with Crippen LogP contribution in [0.4, 0.5) is 5.95 Å². The molecule has 1 aromatic carbocycles. The zero-order chi connectivity index (χ0) is 14.1. The summed E-state index contributed by atoms with van der Waals surface area (Å²) >= 11 is 3.43. The monoisotopic (exact) mass is 333 g/mol. The molecule has 2 aromatic heterocycles. The topological polar surface area (TPSA) is 75.7 Å². The smallest absolute Gasteiger partial charge is 0.250 e. The third-order valence-electron chi connectivity index (χ3n) is 2.82. The highest BCUT2D eigenvalue weighted by Crippen LogP contribution is 2.30. The van der Waals surface area contributed by atoms with Gasteiger partial charge in [-0.2, -0.15) is 9.97 Å². The highest BCUT2D eigenvalue weighted by Gasteiger charge is 2.12. The fourth-order valence-corrected chi connectivity index (χ4v) is 2.30. The number of hydrogen-bond acceptors (Lipinski definition) is 5. The van der Waals surface area contributed by atoms with Crippen LogP contribution in [0, 0.1) is 6.92 Å². The Labute approximate surface area is 123 Å². The fraction of sp³-hybridized carbons (Fsp3) is 0.154. The first-order valence-corrected chi connectivity index (χ1v) is 6.79. The number of aromatic amines is 1. The summed E-state index contributed by atoms with van der Waals surface area (Å²) < 4.78 is 6.90. The summed E-state index contributed by atoms with van der Waals surface area (Å²) in [6.45, 7) is 1.98. The summed E-state index contributed by atoms with van der Waals surface area (Å²) in [5, 5.41) is 2.90. The van der Waals surface area contributed by atoms with E-state index >= 15 is 0 Å². The Hall–Kier alpha value is -2.15. The number of benzene rings is 1. The van der Waals surface area contributed by atoms with Crippen molar-refractivity contribution in [3.63, 3.8) is 0 Å². The summed E-state index contributed by atoms with van der Waals surface area (Å²) in [7, 11) is 1.75. The van der Waals surface area contributed by atoms with Crippen molar-refractivity contribution in [2.45, 2.75) is 6.92 Å². The molecule has 0 saturated heterocycles. The molecule has 0 aliphatic heterocycles. The second-order valence-corrected chi connectivity index (χ2v) is 5.13. The molecule has 0 radical (unpaired) electrons. The average Bonchev–Trinajstić information content (AvgIpc) is 2.90. The molecule has 0 unspecified atom stereocenters. The number of ether oxygens (including phenoxy) is 1.